The van der Waals surface area contributed by atoms with Gasteiger partial charge < -0.3 is 0 Å². The lowest BCUT2D eigenvalue weighted by Gasteiger charge is -2.12. The van der Waals surface area contributed by atoms with E-state index in [0.29, 0.717) is 17.0 Å². The summed E-state index contributed by atoms with van der Waals surface area (Å²) in [5.74, 6) is 0.740. The molecular formula is C15H15Cl2N5O2S. The lowest BCUT2D eigenvalue weighted by Crippen LogP contribution is -2.22. The second kappa shape index (κ2) is 6.53. The fourth-order valence-electron chi connectivity index (χ4n) is 2.29. The van der Waals surface area contributed by atoms with E-state index >= 15 is 0 Å². The standard InChI is InChI=1S/C15H15Cl2N5O2S/c1-9-8-12-18-14(13(16)17)19-15(22(12)20-9)10-4-6-11(7-5-10)25(23,24)21(2)3/h4-8,13H,1-3H3. The summed E-state index contributed by atoms with van der Waals surface area (Å²) < 4.78 is 27.1. The van der Waals surface area contributed by atoms with Gasteiger partial charge in [0.25, 0.3) is 0 Å². The van der Waals surface area contributed by atoms with Gasteiger partial charge in [-0.1, -0.05) is 23.2 Å². The van der Waals surface area contributed by atoms with E-state index in [1.54, 1.807) is 22.7 Å². The summed E-state index contributed by atoms with van der Waals surface area (Å²) in [5.41, 5.74) is 2.00. The zero-order valence-electron chi connectivity index (χ0n) is 13.7. The molecule has 10 heteroatoms. The molecule has 2 heterocycles. The van der Waals surface area contributed by atoms with Crippen molar-refractivity contribution in [2.75, 3.05) is 14.1 Å². The van der Waals surface area contributed by atoms with E-state index in [2.05, 4.69) is 15.1 Å². The minimum absolute atomic E-state index is 0.191. The lowest BCUT2D eigenvalue weighted by molar-refractivity contribution is 0.521. The van der Waals surface area contributed by atoms with E-state index in [9.17, 15) is 8.42 Å². The number of alkyl halides is 2. The van der Waals surface area contributed by atoms with Gasteiger partial charge in [-0.15, -0.1) is 0 Å². The van der Waals surface area contributed by atoms with Crippen LogP contribution in [-0.4, -0.2) is 46.4 Å². The summed E-state index contributed by atoms with van der Waals surface area (Å²) in [5, 5.41) is 4.37. The molecule has 0 N–H and O–H groups in total. The van der Waals surface area contributed by atoms with Gasteiger partial charge in [-0.25, -0.2) is 22.7 Å². The average Bonchev–Trinajstić information content (AvgIpc) is 2.93. The summed E-state index contributed by atoms with van der Waals surface area (Å²) in [6.07, 6.45) is 0. The number of halogens is 2. The molecule has 0 fully saturated rings. The molecule has 0 saturated heterocycles. The molecule has 0 amide bonds. The van der Waals surface area contributed by atoms with Crippen molar-refractivity contribution in [2.24, 2.45) is 0 Å². The summed E-state index contributed by atoms with van der Waals surface area (Å²) in [4.78, 5) is 7.97. The van der Waals surface area contributed by atoms with Gasteiger partial charge in [-0.3, -0.25) is 0 Å². The minimum atomic E-state index is -3.50. The normalized spacial score (nSPS) is 12.4. The Labute approximate surface area is 155 Å². The summed E-state index contributed by atoms with van der Waals surface area (Å²) in [6, 6.07) is 8.16. The minimum Gasteiger partial charge on any atom is -0.211 e. The quantitative estimate of drug-likeness (QED) is 0.630. The van der Waals surface area contributed by atoms with Crippen molar-refractivity contribution in [1.82, 2.24) is 23.9 Å². The van der Waals surface area contributed by atoms with E-state index in [4.69, 9.17) is 23.2 Å². The van der Waals surface area contributed by atoms with Gasteiger partial charge in [0.2, 0.25) is 10.0 Å². The number of aryl methyl sites for hydroxylation is 1. The average molecular weight is 400 g/mol. The van der Waals surface area contributed by atoms with Gasteiger partial charge in [0, 0.05) is 25.7 Å². The predicted octanol–water partition coefficient (Wildman–Crippen LogP) is 2.83. The maximum Gasteiger partial charge on any atom is 0.242 e. The predicted molar refractivity (Wildman–Crippen MR) is 96.3 cm³/mol. The van der Waals surface area contributed by atoms with Crippen LogP contribution in [0.2, 0.25) is 0 Å². The Bertz CT molecular complexity index is 1030. The molecule has 0 atom stereocenters. The number of fused-ring (bicyclic) bond motifs is 1. The second-order valence-corrected chi connectivity index (χ2v) is 8.82. The summed E-state index contributed by atoms with van der Waals surface area (Å²) >= 11 is 11.8. The number of benzene rings is 1. The fraction of sp³-hybridized carbons (Fsp3) is 0.267. The van der Waals surface area contributed by atoms with Gasteiger partial charge in [0.15, 0.2) is 22.1 Å². The van der Waals surface area contributed by atoms with Gasteiger partial charge in [-0.2, -0.15) is 9.61 Å². The van der Waals surface area contributed by atoms with E-state index in [-0.39, 0.29) is 10.7 Å². The Morgan fingerprint density at radius 1 is 1.12 bits per heavy atom. The van der Waals surface area contributed by atoms with Gasteiger partial charge >= 0.3 is 0 Å². The van der Waals surface area contributed by atoms with Crippen LogP contribution >= 0.6 is 23.2 Å². The van der Waals surface area contributed by atoms with Crippen LogP contribution in [0, 0.1) is 6.92 Å². The van der Waals surface area contributed by atoms with Crippen molar-refractivity contribution in [3.8, 4) is 11.4 Å². The van der Waals surface area contributed by atoms with Crippen LogP contribution in [0.1, 0.15) is 16.4 Å². The van der Waals surface area contributed by atoms with E-state index < -0.39 is 14.9 Å². The monoisotopic (exact) mass is 399 g/mol. The lowest BCUT2D eigenvalue weighted by atomic mass is 10.2. The Morgan fingerprint density at radius 3 is 2.32 bits per heavy atom. The maximum atomic E-state index is 12.2. The first kappa shape index (κ1) is 18.1. The number of nitrogens with zero attached hydrogens (tertiary/aromatic N) is 5. The van der Waals surface area contributed by atoms with E-state index in [1.807, 2.05) is 6.92 Å². The molecule has 7 nitrogen and oxygen atoms in total. The van der Waals surface area contributed by atoms with Crippen molar-refractivity contribution < 1.29 is 8.42 Å². The highest BCUT2D eigenvalue weighted by atomic mass is 35.5. The first-order chi connectivity index (χ1) is 11.7. The number of hydrogen-bond donors (Lipinski definition) is 0. The van der Waals surface area contributed by atoms with Gasteiger partial charge in [-0.05, 0) is 31.2 Å². The second-order valence-electron chi connectivity index (χ2n) is 5.57. The van der Waals surface area contributed by atoms with Crippen molar-refractivity contribution in [3.63, 3.8) is 0 Å². The highest BCUT2D eigenvalue weighted by Gasteiger charge is 2.19. The van der Waals surface area contributed by atoms with Crippen LogP contribution in [0.15, 0.2) is 35.2 Å². The maximum absolute atomic E-state index is 12.2. The molecule has 3 rings (SSSR count). The first-order valence-electron chi connectivity index (χ1n) is 7.25. The summed E-state index contributed by atoms with van der Waals surface area (Å²) in [6.45, 7) is 1.84. The molecule has 0 aliphatic heterocycles. The van der Waals surface area contributed by atoms with Crippen LogP contribution < -0.4 is 0 Å². The molecule has 25 heavy (non-hydrogen) atoms. The Hall–Kier alpha value is -1.74. The molecule has 0 radical (unpaired) electrons. The highest BCUT2D eigenvalue weighted by molar-refractivity contribution is 7.89. The molecule has 0 spiro atoms. The smallest absolute Gasteiger partial charge is 0.211 e. The Balaban J connectivity index is 2.16. The molecule has 0 saturated carbocycles. The third-order valence-electron chi connectivity index (χ3n) is 3.55. The molecule has 1 aromatic carbocycles. The van der Waals surface area contributed by atoms with Gasteiger partial charge in [0.1, 0.15) is 0 Å². The molecule has 2 aromatic heterocycles. The van der Waals surface area contributed by atoms with Crippen molar-refractivity contribution in [1.29, 1.82) is 0 Å². The molecule has 0 aliphatic carbocycles. The van der Waals surface area contributed by atoms with Crippen LogP contribution in [0.5, 0.6) is 0 Å². The number of hydrogen-bond acceptors (Lipinski definition) is 5. The zero-order chi connectivity index (χ0) is 18.4. The third kappa shape index (κ3) is 3.35. The number of aromatic nitrogens is 4. The third-order valence-corrected chi connectivity index (χ3v) is 5.77. The Kier molecular flexibility index (Phi) is 4.72. The molecule has 0 bridgehead atoms. The largest absolute Gasteiger partial charge is 0.242 e. The molecule has 132 valence electrons. The topological polar surface area (TPSA) is 80.5 Å². The van der Waals surface area contributed by atoms with E-state index in [1.165, 1.54) is 26.2 Å². The summed E-state index contributed by atoms with van der Waals surface area (Å²) in [7, 11) is -0.533. The highest BCUT2D eigenvalue weighted by Crippen LogP contribution is 2.26. The Morgan fingerprint density at radius 2 is 1.76 bits per heavy atom. The zero-order valence-corrected chi connectivity index (χ0v) is 16.0. The SMILES string of the molecule is Cc1cc2nc(C(Cl)Cl)nc(-c3ccc(S(=O)(=O)N(C)C)cc3)n2n1. The molecule has 3 aromatic rings. The van der Waals surface area contributed by atoms with Crippen LogP contribution in [-0.2, 0) is 10.0 Å². The molecular weight excluding hydrogens is 385 g/mol. The number of rotatable bonds is 4. The van der Waals surface area contributed by atoms with E-state index in [0.717, 1.165) is 10.00 Å². The van der Waals surface area contributed by atoms with Crippen LogP contribution in [0.25, 0.3) is 17.0 Å². The molecule has 0 aliphatic rings. The number of sulfonamides is 1. The van der Waals surface area contributed by atoms with Crippen LogP contribution in [0.4, 0.5) is 0 Å². The fourth-order valence-corrected chi connectivity index (χ4v) is 3.39. The molecule has 0 unspecified atom stereocenters. The van der Waals surface area contributed by atoms with Crippen molar-refractivity contribution in [3.05, 3.63) is 41.9 Å². The van der Waals surface area contributed by atoms with Crippen LogP contribution in [0.3, 0.4) is 0 Å². The van der Waals surface area contributed by atoms with Gasteiger partial charge in [0.05, 0.1) is 10.6 Å². The first-order valence-corrected chi connectivity index (χ1v) is 9.57. The van der Waals surface area contributed by atoms with Crippen molar-refractivity contribution in [2.45, 2.75) is 16.7 Å². The van der Waals surface area contributed by atoms with Crippen molar-refractivity contribution >= 4 is 38.9 Å².